The molecule has 2 N–H and O–H groups in total. The fraction of sp³-hybridized carbons (Fsp3) is 0.923. The number of nitrogens with one attached hydrogen (secondary N) is 2. The van der Waals surface area contributed by atoms with E-state index in [1.807, 2.05) is 0 Å². The number of hydrogen-bond donors (Lipinski definition) is 2. The Morgan fingerprint density at radius 2 is 2.24 bits per heavy atom. The van der Waals surface area contributed by atoms with Crippen LogP contribution in [0.4, 0.5) is 0 Å². The average Bonchev–Trinajstić information content (AvgIpc) is 2.85. The van der Waals surface area contributed by atoms with Gasteiger partial charge in [-0.15, -0.1) is 0 Å². The monoisotopic (exact) mass is 239 g/mol. The van der Waals surface area contributed by atoms with E-state index in [1.165, 1.54) is 25.8 Å². The third kappa shape index (κ3) is 3.68. The van der Waals surface area contributed by atoms with E-state index in [0.717, 1.165) is 32.5 Å². The smallest absolute Gasteiger partial charge is 0.237 e. The van der Waals surface area contributed by atoms with Crippen molar-refractivity contribution in [1.82, 2.24) is 15.5 Å². The highest BCUT2D eigenvalue weighted by Crippen LogP contribution is 2.15. The van der Waals surface area contributed by atoms with Crippen molar-refractivity contribution in [1.29, 1.82) is 0 Å². The number of rotatable bonds is 4. The molecular weight excluding hydrogens is 214 g/mol. The van der Waals surface area contributed by atoms with Gasteiger partial charge in [-0.3, -0.25) is 9.69 Å². The van der Waals surface area contributed by atoms with Crippen molar-refractivity contribution < 1.29 is 4.79 Å². The molecule has 98 valence electrons. The lowest BCUT2D eigenvalue weighted by Gasteiger charge is -2.33. The fourth-order valence-electron chi connectivity index (χ4n) is 2.84. The van der Waals surface area contributed by atoms with Crippen molar-refractivity contribution in [2.45, 2.75) is 51.1 Å². The molecule has 2 aliphatic heterocycles. The number of amides is 1. The minimum atomic E-state index is 0.0637. The van der Waals surface area contributed by atoms with E-state index in [2.05, 4.69) is 22.5 Å². The van der Waals surface area contributed by atoms with Gasteiger partial charge in [0.1, 0.15) is 0 Å². The Hall–Kier alpha value is -0.610. The molecule has 0 aromatic rings. The van der Waals surface area contributed by atoms with Crippen LogP contribution in [0.1, 0.15) is 39.0 Å². The van der Waals surface area contributed by atoms with Gasteiger partial charge in [0.15, 0.2) is 0 Å². The average molecular weight is 239 g/mol. The molecule has 0 aliphatic carbocycles. The van der Waals surface area contributed by atoms with Crippen molar-refractivity contribution in [3.05, 3.63) is 0 Å². The van der Waals surface area contributed by atoms with E-state index in [9.17, 15) is 4.79 Å². The molecule has 2 fully saturated rings. The topological polar surface area (TPSA) is 44.4 Å². The van der Waals surface area contributed by atoms with Crippen LogP contribution in [0.15, 0.2) is 0 Å². The molecule has 2 saturated heterocycles. The number of piperidine rings is 1. The molecule has 0 aromatic carbocycles. The second-order valence-electron chi connectivity index (χ2n) is 5.32. The van der Waals surface area contributed by atoms with Crippen LogP contribution in [0.5, 0.6) is 0 Å². The summed E-state index contributed by atoms with van der Waals surface area (Å²) in [5.41, 5.74) is 0. The quantitative estimate of drug-likeness (QED) is 0.760. The van der Waals surface area contributed by atoms with Crippen molar-refractivity contribution in [3.63, 3.8) is 0 Å². The van der Waals surface area contributed by atoms with Gasteiger partial charge >= 0.3 is 0 Å². The lowest BCUT2D eigenvalue weighted by molar-refractivity contribution is -0.122. The van der Waals surface area contributed by atoms with E-state index in [4.69, 9.17) is 0 Å². The van der Waals surface area contributed by atoms with E-state index in [0.29, 0.717) is 6.04 Å². The molecule has 0 spiro atoms. The standard InChI is InChI=1S/C13H25N3O/c1-11-5-2-3-9-16(11)10-8-15-13(17)12-6-4-7-14-12/h11-12,14H,2-10H2,1H3,(H,15,17). The molecule has 2 heterocycles. The summed E-state index contributed by atoms with van der Waals surface area (Å²) in [6.45, 7) is 6.26. The van der Waals surface area contributed by atoms with Gasteiger partial charge in [-0.05, 0) is 45.7 Å². The first kappa shape index (κ1) is 12.8. The molecular formula is C13H25N3O. The van der Waals surface area contributed by atoms with Crippen molar-refractivity contribution in [3.8, 4) is 0 Å². The molecule has 0 radical (unpaired) electrons. The molecule has 17 heavy (non-hydrogen) atoms. The number of carbonyl (C=O) groups is 1. The molecule has 0 bridgehead atoms. The maximum atomic E-state index is 11.8. The van der Waals surface area contributed by atoms with Gasteiger partial charge in [0.05, 0.1) is 6.04 Å². The highest BCUT2D eigenvalue weighted by atomic mass is 16.2. The molecule has 2 atom stereocenters. The van der Waals surface area contributed by atoms with Crippen LogP contribution in [-0.4, -0.2) is 49.1 Å². The molecule has 0 aromatic heterocycles. The molecule has 4 nitrogen and oxygen atoms in total. The molecule has 2 unspecified atom stereocenters. The van der Waals surface area contributed by atoms with Gasteiger partial charge in [-0.25, -0.2) is 0 Å². The van der Waals surface area contributed by atoms with Gasteiger partial charge in [-0.2, -0.15) is 0 Å². The van der Waals surface area contributed by atoms with Crippen LogP contribution >= 0.6 is 0 Å². The lowest BCUT2D eigenvalue weighted by atomic mass is 10.0. The van der Waals surface area contributed by atoms with Gasteiger partial charge in [0.25, 0.3) is 0 Å². The second-order valence-corrected chi connectivity index (χ2v) is 5.32. The van der Waals surface area contributed by atoms with Gasteiger partial charge in [-0.1, -0.05) is 6.42 Å². The zero-order chi connectivity index (χ0) is 12.1. The largest absolute Gasteiger partial charge is 0.353 e. The van der Waals surface area contributed by atoms with Crippen molar-refractivity contribution in [2.24, 2.45) is 0 Å². The lowest BCUT2D eigenvalue weighted by Crippen LogP contribution is -2.46. The van der Waals surface area contributed by atoms with Crippen LogP contribution in [0, 0.1) is 0 Å². The highest BCUT2D eigenvalue weighted by molar-refractivity contribution is 5.81. The third-order valence-electron chi connectivity index (χ3n) is 4.02. The normalized spacial score (nSPS) is 30.4. The predicted molar refractivity (Wildman–Crippen MR) is 68.9 cm³/mol. The molecule has 4 heteroatoms. The number of likely N-dealkylation sites (tertiary alicyclic amines) is 1. The third-order valence-corrected chi connectivity index (χ3v) is 4.02. The van der Waals surface area contributed by atoms with Crippen LogP contribution in [0.3, 0.4) is 0 Å². The Kier molecular flexibility index (Phi) is 4.80. The summed E-state index contributed by atoms with van der Waals surface area (Å²) in [6.07, 6.45) is 6.09. The molecule has 2 aliphatic rings. The highest BCUT2D eigenvalue weighted by Gasteiger charge is 2.22. The number of nitrogens with zero attached hydrogens (tertiary/aromatic N) is 1. The fourth-order valence-corrected chi connectivity index (χ4v) is 2.84. The van der Waals surface area contributed by atoms with Crippen molar-refractivity contribution >= 4 is 5.91 Å². The van der Waals surface area contributed by atoms with E-state index < -0.39 is 0 Å². The molecule has 1 amide bonds. The van der Waals surface area contributed by atoms with Crippen LogP contribution in [-0.2, 0) is 4.79 Å². The summed E-state index contributed by atoms with van der Waals surface area (Å²) >= 11 is 0. The summed E-state index contributed by atoms with van der Waals surface area (Å²) in [7, 11) is 0. The zero-order valence-electron chi connectivity index (χ0n) is 10.9. The summed E-state index contributed by atoms with van der Waals surface area (Å²) in [5, 5.41) is 6.28. The summed E-state index contributed by atoms with van der Waals surface area (Å²) in [6, 6.07) is 0.749. The Morgan fingerprint density at radius 3 is 2.94 bits per heavy atom. The maximum absolute atomic E-state index is 11.8. The van der Waals surface area contributed by atoms with Crippen LogP contribution in [0.25, 0.3) is 0 Å². The van der Waals surface area contributed by atoms with E-state index in [-0.39, 0.29) is 11.9 Å². The number of carbonyl (C=O) groups excluding carboxylic acids is 1. The maximum Gasteiger partial charge on any atom is 0.237 e. The molecule has 0 saturated carbocycles. The Bertz CT molecular complexity index is 251. The van der Waals surface area contributed by atoms with E-state index in [1.54, 1.807) is 0 Å². The zero-order valence-corrected chi connectivity index (χ0v) is 10.9. The van der Waals surface area contributed by atoms with Crippen molar-refractivity contribution in [2.75, 3.05) is 26.2 Å². The summed E-state index contributed by atoms with van der Waals surface area (Å²) in [5.74, 6) is 0.187. The SMILES string of the molecule is CC1CCCCN1CCNC(=O)C1CCCN1. The second kappa shape index (κ2) is 6.36. The minimum absolute atomic E-state index is 0.0637. The Balaban J connectivity index is 1.63. The molecule has 2 rings (SSSR count). The Morgan fingerprint density at radius 1 is 1.35 bits per heavy atom. The summed E-state index contributed by atoms with van der Waals surface area (Å²) in [4.78, 5) is 14.3. The Labute approximate surface area is 104 Å². The minimum Gasteiger partial charge on any atom is -0.353 e. The van der Waals surface area contributed by atoms with Gasteiger partial charge in [0, 0.05) is 19.1 Å². The number of hydrogen-bond acceptors (Lipinski definition) is 3. The van der Waals surface area contributed by atoms with Crippen LogP contribution in [0.2, 0.25) is 0 Å². The predicted octanol–water partition coefficient (Wildman–Crippen LogP) is 0.729. The first-order chi connectivity index (χ1) is 8.27. The van der Waals surface area contributed by atoms with E-state index >= 15 is 0 Å². The first-order valence-corrected chi connectivity index (χ1v) is 7.02. The van der Waals surface area contributed by atoms with Gasteiger partial charge in [0.2, 0.25) is 5.91 Å². The van der Waals surface area contributed by atoms with Gasteiger partial charge < -0.3 is 10.6 Å². The first-order valence-electron chi connectivity index (χ1n) is 7.02. The summed E-state index contributed by atoms with van der Waals surface area (Å²) < 4.78 is 0. The van der Waals surface area contributed by atoms with Crippen LogP contribution < -0.4 is 10.6 Å².